The van der Waals surface area contributed by atoms with Crippen LogP contribution in [0, 0.1) is 6.92 Å². The van der Waals surface area contributed by atoms with Crippen LogP contribution in [0.25, 0.3) is 11.2 Å². The molecule has 11 nitrogen and oxygen atoms in total. The molecule has 0 saturated carbocycles. The molecule has 1 saturated heterocycles. The summed E-state index contributed by atoms with van der Waals surface area (Å²) in [4.78, 5) is 41.5. The van der Waals surface area contributed by atoms with Gasteiger partial charge in [0.1, 0.15) is 24.2 Å². The van der Waals surface area contributed by atoms with Crippen LogP contribution in [0.1, 0.15) is 45.7 Å². The number of hydrogen-bond acceptors (Lipinski definition) is 8. The van der Waals surface area contributed by atoms with Gasteiger partial charge in [-0.3, -0.25) is 19.0 Å². The van der Waals surface area contributed by atoms with Crippen LogP contribution < -0.4 is 0 Å². The van der Waals surface area contributed by atoms with Gasteiger partial charge in [0, 0.05) is 20.8 Å². The van der Waals surface area contributed by atoms with E-state index in [2.05, 4.69) is 15.0 Å². The molecule has 160 valence electrons. The molecule has 2 atom stereocenters. The smallest absolute Gasteiger partial charge is 0.302 e. The highest BCUT2D eigenvalue weighted by Gasteiger charge is 2.29. The lowest BCUT2D eigenvalue weighted by Crippen LogP contribution is -2.18. The zero-order valence-electron chi connectivity index (χ0n) is 16.5. The van der Waals surface area contributed by atoms with Gasteiger partial charge >= 0.3 is 5.97 Å². The largest absolute Gasteiger partial charge is 0.481 e. The molecule has 2 aromatic rings. The number of aliphatic carboxylic acids is 2. The minimum absolute atomic E-state index is 0.102. The van der Waals surface area contributed by atoms with E-state index in [0.29, 0.717) is 22.1 Å². The number of carboxylic acids is 2. The van der Waals surface area contributed by atoms with Crippen LogP contribution >= 0.6 is 11.6 Å². The van der Waals surface area contributed by atoms with Gasteiger partial charge in [-0.25, -0.2) is 15.0 Å². The van der Waals surface area contributed by atoms with Crippen LogP contribution in [0.15, 0.2) is 6.33 Å². The molecule has 2 unspecified atom stereocenters. The van der Waals surface area contributed by atoms with Crippen molar-refractivity contribution in [2.45, 2.75) is 52.9 Å². The Morgan fingerprint density at radius 2 is 1.79 bits per heavy atom. The highest BCUT2D eigenvalue weighted by Crippen LogP contribution is 2.31. The fourth-order valence-electron chi connectivity index (χ4n) is 2.42. The van der Waals surface area contributed by atoms with Gasteiger partial charge in [-0.2, -0.15) is 0 Å². The number of halogens is 1. The SMILES string of the molecule is CC(=O)O.CC(=O)O.CC(=O)OCC1CCC(n2cnc3c(Cl)nc(C)nc32)O1. The summed E-state index contributed by atoms with van der Waals surface area (Å²) in [5, 5.41) is 15.2. The number of carboxylic acid groups (broad SMARTS) is 2. The number of carbonyl (C=O) groups excluding carboxylic acids is 1. The summed E-state index contributed by atoms with van der Waals surface area (Å²) in [6.07, 6.45) is 2.99. The van der Waals surface area contributed by atoms with Crippen LogP contribution in [0.5, 0.6) is 0 Å². The van der Waals surface area contributed by atoms with E-state index in [1.54, 1.807) is 13.3 Å². The number of nitrogens with zero attached hydrogens (tertiary/aromatic N) is 4. The van der Waals surface area contributed by atoms with Crippen molar-refractivity contribution in [3.05, 3.63) is 17.3 Å². The zero-order chi connectivity index (χ0) is 22.1. The Morgan fingerprint density at radius 3 is 2.34 bits per heavy atom. The van der Waals surface area contributed by atoms with Crippen molar-refractivity contribution in [3.8, 4) is 0 Å². The molecular formula is C17H23ClN4O7. The lowest BCUT2D eigenvalue weighted by molar-refractivity contribution is -0.145. The number of rotatable bonds is 3. The summed E-state index contributed by atoms with van der Waals surface area (Å²) in [6, 6.07) is 0. The molecule has 0 aliphatic carbocycles. The highest BCUT2D eigenvalue weighted by molar-refractivity contribution is 6.33. The molecule has 1 aliphatic heterocycles. The van der Waals surface area contributed by atoms with E-state index in [0.717, 1.165) is 26.7 Å². The fourth-order valence-corrected chi connectivity index (χ4v) is 2.67. The molecule has 2 N–H and O–H groups in total. The lowest BCUT2D eigenvalue weighted by Gasteiger charge is -2.15. The first-order valence-corrected chi connectivity index (χ1v) is 8.93. The quantitative estimate of drug-likeness (QED) is 0.546. The molecule has 0 radical (unpaired) electrons. The standard InChI is InChI=1S/C13H15ClN4O3.2C2H4O2/c1-7-16-12(14)11-13(17-7)18(6-15-11)10-4-3-9(21-10)5-20-8(2)19;2*1-2(3)4/h6,9-10H,3-5H2,1-2H3;2*1H3,(H,3,4). The van der Waals surface area contributed by atoms with Crippen LogP contribution in [0.2, 0.25) is 5.15 Å². The van der Waals surface area contributed by atoms with Crippen LogP contribution in [0.3, 0.4) is 0 Å². The van der Waals surface area contributed by atoms with Gasteiger partial charge in [-0.1, -0.05) is 11.6 Å². The van der Waals surface area contributed by atoms with Gasteiger partial charge in [0.15, 0.2) is 10.8 Å². The average Bonchev–Trinajstić information content (AvgIpc) is 3.18. The van der Waals surface area contributed by atoms with E-state index >= 15 is 0 Å². The molecule has 3 heterocycles. The molecule has 1 aliphatic rings. The van der Waals surface area contributed by atoms with E-state index in [9.17, 15) is 4.79 Å². The first kappa shape index (κ1) is 24.2. The Balaban J connectivity index is 0.000000452. The predicted molar refractivity (Wildman–Crippen MR) is 101 cm³/mol. The molecule has 0 spiro atoms. The van der Waals surface area contributed by atoms with Crippen molar-refractivity contribution in [1.29, 1.82) is 0 Å². The molecule has 1 fully saturated rings. The second-order valence-corrected chi connectivity index (χ2v) is 6.37. The average molecular weight is 431 g/mol. The molecule has 3 rings (SSSR count). The van der Waals surface area contributed by atoms with Crippen LogP contribution in [0.4, 0.5) is 0 Å². The second-order valence-electron chi connectivity index (χ2n) is 6.02. The van der Waals surface area contributed by atoms with Gasteiger partial charge in [-0.05, 0) is 19.8 Å². The Bertz CT molecular complexity index is 851. The van der Waals surface area contributed by atoms with Gasteiger partial charge in [0.2, 0.25) is 0 Å². The first-order chi connectivity index (χ1) is 13.5. The Morgan fingerprint density at radius 1 is 1.21 bits per heavy atom. The topological polar surface area (TPSA) is 154 Å². The van der Waals surface area contributed by atoms with Gasteiger partial charge in [0.25, 0.3) is 11.9 Å². The minimum Gasteiger partial charge on any atom is -0.481 e. The molecule has 2 aromatic heterocycles. The first-order valence-electron chi connectivity index (χ1n) is 8.55. The van der Waals surface area contributed by atoms with E-state index in [4.69, 9.17) is 40.9 Å². The molecule has 12 heteroatoms. The minimum atomic E-state index is -0.833. The molecule has 0 amide bonds. The summed E-state index contributed by atoms with van der Waals surface area (Å²) in [7, 11) is 0. The number of aromatic nitrogens is 4. The third-order valence-corrected chi connectivity index (χ3v) is 3.62. The molecule has 0 aromatic carbocycles. The Labute approximate surface area is 171 Å². The zero-order valence-corrected chi connectivity index (χ0v) is 17.2. The highest BCUT2D eigenvalue weighted by atomic mass is 35.5. The van der Waals surface area contributed by atoms with E-state index in [-0.39, 0.29) is 24.9 Å². The normalized spacial score (nSPS) is 17.6. The number of ether oxygens (including phenoxy) is 2. The third-order valence-electron chi connectivity index (χ3n) is 3.36. The van der Waals surface area contributed by atoms with Crippen LogP contribution in [-0.2, 0) is 23.9 Å². The van der Waals surface area contributed by atoms with Crippen molar-refractivity contribution < 1.29 is 34.1 Å². The summed E-state index contributed by atoms with van der Waals surface area (Å²) in [6.45, 7) is 5.60. The van der Waals surface area contributed by atoms with E-state index in [1.807, 2.05) is 4.57 Å². The molecular weight excluding hydrogens is 408 g/mol. The van der Waals surface area contributed by atoms with Gasteiger partial charge in [0.05, 0.1) is 12.4 Å². The number of esters is 1. The summed E-state index contributed by atoms with van der Waals surface area (Å²) in [5.74, 6) is -1.38. The Hall–Kier alpha value is -2.79. The Kier molecular flexibility index (Phi) is 9.42. The third kappa shape index (κ3) is 8.40. The van der Waals surface area contributed by atoms with Gasteiger partial charge in [-0.15, -0.1) is 0 Å². The summed E-state index contributed by atoms with van der Waals surface area (Å²) in [5.41, 5.74) is 1.22. The number of hydrogen-bond donors (Lipinski definition) is 2. The second kappa shape index (κ2) is 11.3. The van der Waals surface area contributed by atoms with Gasteiger partial charge < -0.3 is 19.7 Å². The molecule has 29 heavy (non-hydrogen) atoms. The maximum atomic E-state index is 10.8. The van der Waals surface area contributed by atoms with Crippen molar-refractivity contribution in [2.75, 3.05) is 6.61 Å². The summed E-state index contributed by atoms with van der Waals surface area (Å²) >= 11 is 6.07. The van der Waals surface area contributed by atoms with Crippen LogP contribution in [-0.4, -0.2) is 60.4 Å². The van der Waals surface area contributed by atoms with Crippen molar-refractivity contribution in [1.82, 2.24) is 19.5 Å². The van der Waals surface area contributed by atoms with Crippen molar-refractivity contribution in [3.63, 3.8) is 0 Å². The maximum absolute atomic E-state index is 10.8. The maximum Gasteiger partial charge on any atom is 0.302 e. The number of aryl methyl sites for hydroxylation is 1. The van der Waals surface area contributed by atoms with Crippen molar-refractivity contribution >= 4 is 40.7 Å². The number of fused-ring (bicyclic) bond motifs is 1. The van der Waals surface area contributed by atoms with E-state index < -0.39 is 11.9 Å². The predicted octanol–water partition coefficient (Wildman–Crippen LogP) is 2.21. The molecule has 0 bridgehead atoms. The number of carbonyl (C=O) groups is 3. The fraction of sp³-hybridized carbons (Fsp3) is 0.529. The van der Waals surface area contributed by atoms with Crippen molar-refractivity contribution in [2.24, 2.45) is 0 Å². The monoisotopic (exact) mass is 430 g/mol. The van der Waals surface area contributed by atoms with E-state index in [1.165, 1.54) is 6.92 Å². The summed E-state index contributed by atoms with van der Waals surface area (Å²) < 4.78 is 12.7. The number of imidazole rings is 1. The lowest BCUT2D eigenvalue weighted by atomic mass is 10.2.